The van der Waals surface area contributed by atoms with Crippen molar-refractivity contribution in [3.05, 3.63) is 24.3 Å². The zero-order chi connectivity index (χ0) is 50.0. The molecule has 0 fully saturated rings. The number of ether oxygens (including phenoxy) is 3. The highest BCUT2D eigenvalue weighted by Gasteiger charge is 2.19. The van der Waals surface area contributed by atoms with Gasteiger partial charge >= 0.3 is 17.9 Å². The van der Waals surface area contributed by atoms with Crippen LogP contribution in [-0.4, -0.2) is 37.2 Å². The van der Waals surface area contributed by atoms with E-state index in [9.17, 15) is 14.4 Å². The molecule has 1 atom stereocenters. The molecule has 6 heteroatoms. The lowest BCUT2D eigenvalue weighted by molar-refractivity contribution is -0.167. The summed E-state index contributed by atoms with van der Waals surface area (Å²) in [4.78, 5) is 38.2. The molecule has 0 N–H and O–H groups in total. The molecule has 0 aliphatic carbocycles. The summed E-state index contributed by atoms with van der Waals surface area (Å²) in [6.07, 6.45) is 68.9. The fraction of sp³-hybridized carbons (Fsp3) is 0.889. The van der Waals surface area contributed by atoms with Gasteiger partial charge in [-0.3, -0.25) is 14.4 Å². The molecule has 6 nitrogen and oxygen atoms in total. The fourth-order valence-electron chi connectivity index (χ4n) is 9.26. The minimum absolute atomic E-state index is 0.0716. The number of allylic oxidation sites excluding steroid dienone is 4. The summed E-state index contributed by atoms with van der Waals surface area (Å²) in [6, 6.07) is 0. The third kappa shape index (κ3) is 56.7. The van der Waals surface area contributed by atoms with Crippen molar-refractivity contribution < 1.29 is 28.6 Å². The van der Waals surface area contributed by atoms with Crippen LogP contribution in [0.3, 0.4) is 0 Å². The Morgan fingerprint density at radius 1 is 0.275 bits per heavy atom. The highest BCUT2D eigenvalue weighted by molar-refractivity contribution is 5.71. The maximum absolute atomic E-state index is 12.9. The molecule has 0 unspecified atom stereocenters. The first-order valence-corrected chi connectivity index (χ1v) is 30.8. The van der Waals surface area contributed by atoms with Gasteiger partial charge in [0.05, 0.1) is 0 Å². The van der Waals surface area contributed by atoms with Gasteiger partial charge in [-0.05, 0) is 70.6 Å². The third-order valence-corrected chi connectivity index (χ3v) is 13.9. The molecule has 0 aliphatic heterocycles. The average molecular weight is 972 g/mol. The average Bonchev–Trinajstić information content (AvgIpc) is 3.35. The number of hydrogen-bond donors (Lipinski definition) is 0. The van der Waals surface area contributed by atoms with Crippen LogP contribution in [0.25, 0.3) is 0 Å². The van der Waals surface area contributed by atoms with Crippen LogP contribution in [0.1, 0.15) is 342 Å². The van der Waals surface area contributed by atoms with E-state index in [1.807, 2.05) is 0 Å². The molecule has 0 amide bonds. The third-order valence-electron chi connectivity index (χ3n) is 13.9. The first kappa shape index (κ1) is 66.9. The van der Waals surface area contributed by atoms with Gasteiger partial charge in [0.2, 0.25) is 0 Å². The second-order valence-corrected chi connectivity index (χ2v) is 21.0. The van der Waals surface area contributed by atoms with E-state index in [0.717, 1.165) is 64.2 Å². The molecule has 69 heavy (non-hydrogen) atoms. The molecule has 0 spiro atoms. The standard InChI is InChI=1S/C63H118O6/c1-4-7-10-13-16-19-22-25-28-30-32-34-35-38-41-44-47-50-53-56-62(65)68-59-60(58-67-61(64)55-52-49-46-43-40-37-27-24-21-18-15-12-9-6-3)69-63(66)57-54-51-48-45-42-39-36-33-31-29-26-23-20-17-14-11-8-5-2/h24,27,30,32,60H,4-23,25-26,28-29,31,33-59H2,1-3H3/b27-24-,32-30-/t60-/m1/s1. The van der Waals surface area contributed by atoms with Gasteiger partial charge < -0.3 is 14.2 Å². The van der Waals surface area contributed by atoms with E-state index >= 15 is 0 Å². The van der Waals surface area contributed by atoms with Crippen molar-refractivity contribution in [3.63, 3.8) is 0 Å². The Labute approximate surface area is 430 Å². The van der Waals surface area contributed by atoms with Crippen LogP contribution in [0.4, 0.5) is 0 Å². The molecule has 0 aromatic carbocycles. The molecule has 0 aliphatic rings. The van der Waals surface area contributed by atoms with Crippen molar-refractivity contribution in [3.8, 4) is 0 Å². The van der Waals surface area contributed by atoms with E-state index < -0.39 is 6.10 Å². The van der Waals surface area contributed by atoms with Gasteiger partial charge in [0.25, 0.3) is 0 Å². The van der Waals surface area contributed by atoms with E-state index in [0.29, 0.717) is 19.3 Å². The molecule has 0 aromatic heterocycles. The van der Waals surface area contributed by atoms with Crippen LogP contribution < -0.4 is 0 Å². The molecule has 0 heterocycles. The molecular formula is C63H118O6. The number of rotatable bonds is 57. The van der Waals surface area contributed by atoms with E-state index in [2.05, 4.69) is 45.1 Å². The summed E-state index contributed by atoms with van der Waals surface area (Å²) in [5, 5.41) is 0. The molecule has 0 saturated heterocycles. The van der Waals surface area contributed by atoms with Crippen LogP contribution in [0.5, 0.6) is 0 Å². The summed E-state index contributed by atoms with van der Waals surface area (Å²) in [6.45, 7) is 6.68. The quantitative estimate of drug-likeness (QED) is 0.0261. The van der Waals surface area contributed by atoms with Gasteiger partial charge in [-0.1, -0.05) is 276 Å². The normalized spacial score (nSPS) is 12.1. The monoisotopic (exact) mass is 971 g/mol. The Morgan fingerprint density at radius 3 is 0.725 bits per heavy atom. The molecule has 406 valence electrons. The van der Waals surface area contributed by atoms with Crippen molar-refractivity contribution in [1.29, 1.82) is 0 Å². The molecule has 0 radical (unpaired) electrons. The topological polar surface area (TPSA) is 78.9 Å². The van der Waals surface area contributed by atoms with Gasteiger partial charge in [0.15, 0.2) is 6.10 Å². The first-order valence-electron chi connectivity index (χ1n) is 30.8. The van der Waals surface area contributed by atoms with Gasteiger partial charge in [-0.2, -0.15) is 0 Å². The molecule has 0 bridgehead atoms. The molecular weight excluding hydrogens is 853 g/mol. The molecule has 0 aromatic rings. The van der Waals surface area contributed by atoms with Gasteiger partial charge in [0.1, 0.15) is 13.2 Å². The van der Waals surface area contributed by atoms with Crippen molar-refractivity contribution in [2.75, 3.05) is 13.2 Å². The Morgan fingerprint density at radius 2 is 0.478 bits per heavy atom. The number of unbranched alkanes of at least 4 members (excludes halogenated alkanes) is 42. The molecule has 0 rings (SSSR count). The van der Waals surface area contributed by atoms with Crippen molar-refractivity contribution in [2.45, 2.75) is 348 Å². The van der Waals surface area contributed by atoms with Crippen LogP contribution >= 0.6 is 0 Å². The Hall–Kier alpha value is -2.11. The van der Waals surface area contributed by atoms with Crippen LogP contribution in [-0.2, 0) is 28.6 Å². The number of esters is 3. The summed E-state index contributed by atoms with van der Waals surface area (Å²) in [7, 11) is 0. The van der Waals surface area contributed by atoms with E-state index in [4.69, 9.17) is 14.2 Å². The maximum atomic E-state index is 12.9. The lowest BCUT2D eigenvalue weighted by Gasteiger charge is -2.18. The van der Waals surface area contributed by atoms with Crippen molar-refractivity contribution >= 4 is 17.9 Å². The maximum Gasteiger partial charge on any atom is 0.306 e. The summed E-state index contributed by atoms with van der Waals surface area (Å²) in [5.74, 6) is -0.860. The molecule has 0 saturated carbocycles. The SMILES string of the molecule is CCCCCCC/C=C\CCCCCCCC(=O)OC[C@H](COC(=O)CCCCCCCCC/C=C\CCCCCCCCCC)OC(=O)CCCCCCCCCCCCCCCCCCCC. The van der Waals surface area contributed by atoms with E-state index in [-0.39, 0.29) is 31.1 Å². The predicted molar refractivity (Wildman–Crippen MR) is 298 cm³/mol. The van der Waals surface area contributed by atoms with E-state index in [1.54, 1.807) is 0 Å². The Bertz CT molecular complexity index is 1110. The fourth-order valence-corrected chi connectivity index (χ4v) is 9.26. The minimum Gasteiger partial charge on any atom is -0.462 e. The highest BCUT2D eigenvalue weighted by atomic mass is 16.6. The second kappa shape index (κ2) is 58.5. The van der Waals surface area contributed by atoms with Crippen LogP contribution in [0, 0.1) is 0 Å². The minimum atomic E-state index is -0.773. The van der Waals surface area contributed by atoms with Crippen molar-refractivity contribution in [2.24, 2.45) is 0 Å². The lowest BCUT2D eigenvalue weighted by Crippen LogP contribution is -2.30. The van der Waals surface area contributed by atoms with Crippen molar-refractivity contribution in [1.82, 2.24) is 0 Å². The Balaban J connectivity index is 4.32. The summed E-state index contributed by atoms with van der Waals surface area (Å²) in [5.41, 5.74) is 0. The van der Waals surface area contributed by atoms with Crippen LogP contribution in [0.2, 0.25) is 0 Å². The summed E-state index contributed by atoms with van der Waals surface area (Å²) < 4.78 is 16.9. The zero-order valence-electron chi connectivity index (χ0n) is 46.6. The lowest BCUT2D eigenvalue weighted by atomic mass is 10.0. The van der Waals surface area contributed by atoms with E-state index in [1.165, 1.54) is 238 Å². The smallest absolute Gasteiger partial charge is 0.306 e. The number of hydrogen-bond acceptors (Lipinski definition) is 6. The Kier molecular flexibility index (Phi) is 56.7. The zero-order valence-corrected chi connectivity index (χ0v) is 46.6. The van der Waals surface area contributed by atoms with Crippen LogP contribution in [0.15, 0.2) is 24.3 Å². The van der Waals surface area contributed by atoms with Gasteiger partial charge in [0, 0.05) is 19.3 Å². The summed E-state index contributed by atoms with van der Waals surface area (Å²) >= 11 is 0. The highest BCUT2D eigenvalue weighted by Crippen LogP contribution is 2.17. The van der Waals surface area contributed by atoms with Gasteiger partial charge in [-0.15, -0.1) is 0 Å². The number of carbonyl (C=O) groups is 3. The predicted octanol–water partition coefficient (Wildman–Crippen LogP) is 20.7. The largest absolute Gasteiger partial charge is 0.462 e. The first-order chi connectivity index (χ1) is 34.0. The number of carbonyl (C=O) groups excluding carboxylic acids is 3. The second-order valence-electron chi connectivity index (χ2n) is 21.0. The van der Waals surface area contributed by atoms with Gasteiger partial charge in [-0.25, -0.2) is 0 Å².